The molecule has 1 aliphatic rings. The summed E-state index contributed by atoms with van der Waals surface area (Å²) < 4.78 is 20.5. The third-order valence-electron chi connectivity index (χ3n) is 4.75. The largest absolute Gasteiger partial charge is 0.373 e. The third-order valence-corrected chi connectivity index (χ3v) is 7.48. The predicted molar refractivity (Wildman–Crippen MR) is 119 cm³/mol. The van der Waals surface area contributed by atoms with Gasteiger partial charge in [-0.1, -0.05) is 29.0 Å². The SMILES string of the molecule is C[Si](C)[C@]1(n2cc(CBr)c(=O)[nH]c2=O)C[C@H](OC(C)(C)C)[C@@H](COC(C)(C)C)O1. The average Bonchev–Trinajstić information content (AvgIpc) is 2.90. The Morgan fingerprint density at radius 2 is 1.86 bits per heavy atom. The van der Waals surface area contributed by atoms with Crippen molar-refractivity contribution < 1.29 is 14.2 Å². The topological polar surface area (TPSA) is 82.6 Å². The van der Waals surface area contributed by atoms with Crippen molar-refractivity contribution in [1.82, 2.24) is 9.55 Å². The summed E-state index contributed by atoms with van der Waals surface area (Å²) in [5.74, 6) is 0. The molecule has 0 aromatic carbocycles. The van der Waals surface area contributed by atoms with Gasteiger partial charge in [0, 0.05) is 23.5 Å². The Morgan fingerprint density at radius 3 is 2.34 bits per heavy atom. The number of rotatable bonds is 6. The highest BCUT2D eigenvalue weighted by atomic mass is 79.9. The second-order valence-electron chi connectivity index (χ2n) is 9.75. The zero-order valence-electron chi connectivity index (χ0n) is 18.7. The Morgan fingerprint density at radius 1 is 1.24 bits per heavy atom. The van der Waals surface area contributed by atoms with Crippen molar-refractivity contribution in [3.8, 4) is 0 Å². The van der Waals surface area contributed by atoms with E-state index in [4.69, 9.17) is 14.2 Å². The number of nitrogens with zero attached hydrogens (tertiary/aromatic N) is 1. The Bertz CT molecular complexity index is 824. The van der Waals surface area contributed by atoms with Crippen LogP contribution in [0.15, 0.2) is 15.8 Å². The molecule has 165 valence electrons. The Labute approximate surface area is 182 Å². The van der Waals surface area contributed by atoms with E-state index >= 15 is 0 Å². The van der Waals surface area contributed by atoms with Crippen LogP contribution in [-0.4, -0.2) is 48.4 Å². The number of aromatic amines is 1. The van der Waals surface area contributed by atoms with Crippen LogP contribution in [0, 0.1) is 0 Å². The molecule has 1 N–H and O–H groups in total. The lowest BCUT2D eigenvalue weighted by Gasteiger charge is -2.34. The summed E-state index contributed by atoms with van der Waals surface area (Å²) in [6, 6.07) is 0. The van der Waals surface area contributed by atoms with Crippen LogP contribution in [0.4, 0.5) is 0 Å². The summed E-state index contributed by atoms with van der Waals surface area (Å²) in [5.41, 5.74) is -1.04. The molecule has 1 fully saturated rings. The van der Waals surface area contributed by atoms with Crippen molar-refractivity contribution >= 4 is 24.7 Å². The van der Waals surface area contributed by atoms with Crippen molar-refractivity contribution in [3.63, 3.8) is 0 Å². The van der Waals surface area contributed by atoms with Crippen LogP contribution in [0.5, 0.6) is 0 Å². The Kier molecular flexibility index (Phi) is 7.43. The molecule has 0 bridgehead atoms. The summed E-state index contributed by atoms with van der Waals surface area (Å²) in [6.45, 7) is 16.6. The Hall–Kier alpha value is -0.743. The fraction of sp³-hybridized carbons (Fsp3) is 0.800. The monoisotopic (exact) mass is 489 g/mol. The van der Waals surface area contributed by atoms with E-state index in [1.165, 1.54) is 0 Å². The van der Waals surface area contributed by atoms with Crippen LogP contribution < -0.4 is 11.2 Å². The molecule has 0 unspecified atom stereocenters. The fourth-order valence-electron chi connectivity index (χ4n) is 3.42. The third kappa shape index (κ3) is 5.91. The van der Waals surface area contributed by atoms with Crippen molar-refractivity contribution in [3.05, 3.63) is 32.6 Å². The van der Waals surface area contributed by atoms with Crippen LogP contribution >= 0.6 is 15.9 Å². The van der Waals surface area contributed by atoms with E-state index in [-0.39, 0.29) is 29.0 Å². The molecule has 0 saturated carbocycles. The van der Waals surface area contributed by atoms with Gasteiger partial charge in [0.05, 0.1) is 23.9 Å². The quantitative estimate of drug-likeness (QED) is 0.490. The summed E-state index contributed by atoms with van der Waals surface area (Å²) in [4.78, 5) is 27.3. The second-order valence-corrected chi connectivity index (χ2v) is 13.1. The van der Waals surface area contributed by atoms with Gasteiger partial charge in [-0.15, -0.1) is 0 Å². The number of nitrogens with one attached hydrogen (secondary N) is 1. The average molecular weight is 490 g/mol. The molecule has 7 nitrogen and oxygen atoms in total. The van der Waals surface area contributed by atoms with E-state index in [0.29, 0.717) is 23.9 Å². The van der Waals surface area contributed by atoms with Crippen LogP contribution in [0.2, 0.25) is 13.1 Å². The highest BCUT2D eigenvalue weighted by Gasteiger charge is 2.52. The van der Waals surface area contributed by atoms with Crippen molar-refractivity contribution in [2.75, 3.05) is 6.61 Å². The van der Waals surface area contributed by atoms with Crippen LogP contribution in [0.1, 0.15) is 53.5 Å². The summed E-state index contributed by atoms with van der Waals surface area (Å²) >= 11 is 3.33. The van der Waals surface area contributed by atoms with Crippen LogP contribution in [-0.2, 0) is 24.9 Å². The molecule has 1 aromatic rings. The van der Waals surface area contributed by atoms with Gasteiger partial charge in [-0.2, -0.15) is 0 Å². The lowest BCUT2D eigenvalue weighted by atomic mass is 10.1. The molecule has 2 heterocycles. The first-order valence-electron chi connectivity index (χ1n) is 9.90. The normalized spacial score (nSPS) is 25.7. The summed E-state index contributed by atoms with van der Waals surface area (Å²) in [6.07, 6.45) is 1.59. The maximum atomic E-state index is 12.8. The first-order valence-corrected chi connectivity index (χ1v) is 13.5. The van der Waals surface area contributed by atoms with Crippen molar-refractivity contribution in [2.45, 2.75) is 95.1 Å². The van der Waals surface area contributed by atoms with Gasteiger partial charge < -0.3 is 14.2 Å². The minimum absolute atomic E-state index is 0.233. The van der Waals surface area contributed by atoms with Gasteiger partial charge in [0.25, 0.3) is 5.56 Å². The summed E-state index contributed by atoms with van der Waals surface area (Å²) in [7, 11) is -1.19. The van der Waals surface area contributed by atoms with E-state index in [1.807, 2.05) is 41.5 Å². The van der Waals surface area contributed by atoms with E-state index < -0.39 is 19.8 Å². The first-order chi connectivity index (χ1) is 13.2. The molecular weight excluding hydrogens is 456 g/mol. The predicted octanol–water partition coefficient (Wildman–Crippen LogP) is 3.17. The zero-order valence-corrected chi connectivity index (χ0v) is 21.3. The smallest absolute Gasteiger partial charge is 0.330 e. The first kappa shape index (κ1) is 24.5. The van der Waals surface area contributed by atoms with Crippen molar-refractivity contribution in [2.24, 2.45) is 0 Å². The van der Waals surface area contributed by atoms with E-state index in [0.717, 1.165) is 0 Å². The second kappa shape index (κ2) is 8.78. The van der Waals surface area contributed by atoms with Gasteiger partial charge in [-0.3, -0.25) is 14.3 Å². The lowest BCUT2D eigenvalue weighted by Crippen LogP contribution is -2.52. The molecule has 2 rings (SSSR count). The lowest BCUT2D eigenvalue weighted by molar-refractivity contribution is -0.139. The summed E-state index contributed by atoms with van der Waals surface area (Å²) in [5, 5.41) is -0.489. The number of hydrogen-bond acceptors (Lipinski definition) is 5. The van der Waals surface area contributed by atoms with Gasteiger partial charge in [-0.25, -0.2) is 4.79 Å². The molecule has 1 aromatic heterocycles. The van der Waals surface area contributed by atoms with Gasteiger partial charge in [0.2, 0.25) is 0 Å². The highest BCUT2D eigenvalue weighted by molar-refractivity contribution is 9.08. The number of halogens is 1. The number of hydrogen-bond donors (Lipinski definition) is 1. The highest BCUT2D eigenvalue weighted by Crippen LogP contribution is 2.40. The van der Waals surface area contributed by atoms with Crippen LogP contribution in [0.25, 0.3) is 0 Å². The van der Waals surface area contributed by atoms with E-state index in [9.17, 15) is 9.59 Å². The molecule has 1 saturated heterocycles. The van der Waals surface area contributed by atoms with E-state index in [2.05, 4.69) is 34.0 Å². The minimum Gasteiger partial charge on any atom is -0.373 e. The number of aromatic nitrogens is 2. The Balaban J connectivity index is 2.51. The molecule has 3 atom stereocenters. The molecule has 1 radical (unpaired) electrons. The zero-order chi connectivity index (χ0) is 22.2. The van der Waals surface area contributed by atoms with Gasteiger partial charge in [0.1, 0.15) is 20.2 Å². The van der Waals surface area contributed by atoms with Gasteiger partial charge in [0.15, 0.2) is 0 Å². The molecule has 0 spiro atoms. The molecular formula is C20H34BrN2O5Si. The number of ether oxygens (including phenoxy) is 3. The van der Waals surface area contributed by atoms with E-state index in [1.54, 1.807) is 10.8 Å². The fourth-order valence-corrected chi connectivity index (χ4v) is 5.46. The van der Waals surface area contributed by atoms with Gasteiger partial charge in [-0.05, 0) is 41.5 Å². The number of H-pyrrole nitrogens is 1. The molecule has 9 heteroatoms. The molecule has 0 aliphatic carbocycles. The standard InChI is InChI=1S/C20H34BrN2O5Si/c1-18(2,3)26-12-15-14(27-19(4,5)6)9-20(28-15,29(7)8)23-11-13(10-21)16(24)22-17(23)25/h11,14-15H,9-10,12H2,1-8H3,(H,22,24,25)/t14-,15+,20-/m0/s1. The molecule has 29 heavy (non-hydrogen) atoms. The molecule has 0 amide bonds. The number of alkyl halides is 1. The molecule has 1 aliphatic heterocycles. The van der Waals surface area contributed by atoms with Crippen LogP contribution in [0.3, 0.4) is 0 Å². The maximum Gasteiger partial charge on any atom is 0.330 e. The maximum absolute atomic E-state index is 12.8. The van der Waals surface area contributed by atoms with Crippen molar-refractivity contribution in [1.29, 1.82) is 0 Å². The minimum atomic E-state index is -1.19. The van der Waals surface area contributed by atoms with Gasteiger partial charge >= 0.3 is 5.69 Å².